The molecule has 130 valence electrons. The van der Waals surface area contributed by atoms with E-state index < -0.39 is 5.60 Å². The van der Waals surface area contributed by atoms with Crippen LogP contribution in [-0.4, -0.2) is 53.6 Å². The van der Waals surface area contributed by atoms with Crippen molar-refractivity contribution < 1.29 is 19.1 Å². The van der Waals surface area contributed by atoms with Crippen molar-refractivity contribution >= 4 is 17.9 Å². The standard InChI is InChI=1S/C16H27N3O4/c1-16(2,3)23-15(22)19-9-5-4-6-11(19)10-17-12-7-8-13(20)18-14(12)21/h11-12,17H,4-10H2,1-3H3,(H,18,20,21). The van der Waals surface area contributed by atoms with Crippen LogP contribution in [-0.2, 0) is 14.3 Å². The predicted molar refractivity (Wildman–Crippen MR) is 84.8 cm³/mol. The molecule has 0 aromatic rings. The molecule has 7 nitrogen and oxygen atoms in total. The maximum atomic E-state index is 12.3. The van der Waals surface area contributed by atoms with Crippen LogP contribution in [0.3, 0.4) is 0 Å². The van der Waals surface area contributed by atoms with Crippen molar-refractivity contribution in [3.8, 4) is 0 Å². The zero-order valence-corrected chi connectivity index (χ0v) is 14.2. The van der Waals surface area contributed by atoms with Gasteiger partial charge in [-0.05, 0) is 46.5 Å². The third-order valence-corrected chi connectivity index (χ3v) is 4.09. The van der Waals surface area contributed by atoms with Crippen LogP contribution in [0.2, 0.25) is 0 Å². The van der Waals surface area contributed by atoms with E-state index >= 15 is 0 Å². The number of nitrogens with zero attached hydrogens (tertiary/aromatic N) is 1. The van der Waals surface area contributed by atoms with Crippen LogP contribution in [0.25, 0.3) is 0 Å². The lowest BCUT2D eigenvalue weighted by atomic mass is 10.0. The molecule has 0 aromatic heterocycles. The van der Waals surface area contributed by atoms with Gasteiger partial charge in [-0.25, -0.2) is 4.79 Å². The minimum Gasteiger partial charge on any atom is -0.444 e. The van der Waals surface area contributed by atoms with Gasteiger partial charge in [0.25, 0.3) is 0 Å². The summed E-state index contributed by atoms with van der Waals surface area (Å²) in [6.45, 7) is 6.77. The second-order valence-electron chi connectivity index (χ2n) is 7.24. The molecule has 0 saturated carbocycles. The van der Waals surface area contributed by atoms with E-state index in [1.165, 1.54) is 0 Å². The molecule has 2 aliphatic rings. The molecule has 2 N–H and O–H groups in total. The third-order valence-electron chi connectivity index (χ3n) is 4.09. The van der Waals surface area contributed by atoms with E-state index in [9.17, 15) is 14.4 Å². The average molecular weight is 325 g/mol. The number of likely N-dealkylation sites (tertiary alicyclic amines) is 1. The molecule has 2 fully saturated rings. The number of hydrogen-bond acceptors (Lipinski definition) is 5. The molecular weight excluding hydrogens is 298 g/mol. The molecule has 2 unspecified atom stereocenters. The van der Waals surface area contributed by atoms with Crippen LogP contribution in [0.1, 0.15) is 52.9 Å². The first-order valence-corrected chi connectivity index (χ1v) is 8.33. The first-order valence-electron chi connectivity index (χ1n) is 8.33. The minimum atomic E-state index is -0.518. The zero-order valence-electron chi connectivity index (χ0n) is 14.2. The Kier molecular flexibility index (Phi) is 5.62. The van der Waals surface area contributed by atoms with Crippen molar-refractivity contribution in [3.63, 3.8) is 0 Å². The number of carbonyl (C=O) groups excluding carboxylic acids is 3. The predicted octanol–water partition coefficient (Wildman–Crippen LogP) is 1.17. The molecule has 2 atom stereocenters. The third kappa shape index (κ3) is 5.20. The van der Waals surface area contributed by atoms with Crippen molar-refractivity contribution in [2.45, 2.75) is 70.6 Å². The molecule has 0 bridgehead atoms. The quantitative estimate of drug-likeness (QED) is 0.761. The first-order chi connectivity index (χ1) is 10.8. The number of piperidine rings is 2. The van der Waals surface area contributed by atoms with Crippen molar-refractivity contribution in [1.82, 2.24) is 15.5 Å². The zero-order chi connectivity index (χ0) is 17.0. The van der Waals surface area contributed by atoms with E-state index in [2.05, 4.69) is 10.6 Å². The van der Waals surface area contributed by atoms with Crippen LogP contribution in [0.15, 0.2) is 0 Å². The van der Waals surface area contributed by atoms with Crippen LogP contribution in [0.4, 0.5) is 4.79 Å². The van der Waals surface area contributed by atoms with E-state index in [0.717, 1.165) is 19.3 Å². The second kappa shape index (κ2) is 7.29. The molecule has 7 heteroatoms. The summed E-state index contributed by atoms with van der Waals surface area (Å²) in [4.78, 5) is 37.0. The lowest BCUT2D eigenvalue weighted by Crippen LogP contribution is -2.55. The van der Waals surface area contributed by atoms with E-state index in [-0.39, 0.29) is 30.0 Å². The minimum absolute atomic E-state index is 0.0176. The maximum absolute atomic E-state index is 12.3. The maximum Gasteiger partial charge on any atom is 0.410 e. The van der Waals surface area contributed by atoms with Gasteiger partial charge in [0.1, 0.15) is 5.60 Å². The smallest absolute Gasteiger partial charge is 0.410 e. The summed E-state index contributed by atoms with van der Waals surface area (Å²) in [6, 6.07) is -0.348. The van der Waals surface area contributed by atoms with Crippen molar-refractivity contribution in [2.75, 3.05) is 13.1 Å². The Bertz CT molecular complexity index is 472. The topological polar surface area (TPSA) is 87.7 Å². The van der Waals surface area contributed by atoms with Gasteiger partial charge in [-0.15, -0.1) is 0 Å². The van der Waals surface area contributed by atoms with Gasteiger partial charge in [0.2, 0.25) is 11.8 Å². The molecule has 2 rings (SSSR count). The second-order valence-corrected chi connectivity index (χ2v) is 7.24. The van der Waals surface area contributed by atoms with Crippen molar-refractivity contribution in [2.24, 2.45) is 0 Å². The van der Waals surface area contributed by atoms with Gasteiger partial charge in [-0.2, -0.15) is 0 Å². The molecule has 2 aliphatic heterocycles. The van der Waals surface area contributed by atoms with Gasteiger partial charge >= 0.3 is 6.09 Å². The van der Waals surface area contributed by atoms with E-state index in [0.29, 0.717) is 25.9 Å². The number of hydrogen-bond donors (Lipinski definition) is 2. The molecule has 3 amide bonds. The molecule has 23 heavy (non-hydrogen) atoms. The Balaban J connectivity index is 1.90. The SMILES string of the molecule is CC(C)(C)OC(=O)N1CCCCC1CNC1CCC(=O)NC1=O. The fourth-order valence-electron chi connectivity index (χ4n) is 2.94. The Labute approximate surface area is 137 Å². The van der Waals surface area contributed by atoms with Crippen molar-refractivity contribution in [1.29, 1.82) is 0 Å². The highest BCUT2D eigenvalue weighted by Gasteiger charge is 2.32. The van der Waals surface area contributed by atoms with Gasteiger partial charge < -0.3 is 15.0 Å². The fourth-order valence-corrected chi connectivity index (χ4v) is 2.94. The summed E-state index contributed by atoms with van der Waals surface area (Å²) in [5.41, 5.74) is -0.518. The highest BCUT2D eigenvalue weighted by molar-refractivity contribution is 6.00. The highest BCUT2D eigenvalue weighted by Crippen LogP contribution is 2.20. The van der Waals surface area contributed by atoms with Crippen molar-refractivity contribution in [3.05, 3.63) is 0 Å². The van der Waals surface area contributed by atoms with Gasteiger partial charge in [0.15, 0.2) is 0 Å². The number of carbonyl (C=O) groups is 3. The van der Waals surface area contributed by atoms with Gasteiger partial charge in [0.05, 0.1) is 6.04 Å². The van der Waals surface area contributed by atoms with Crippen LogP contribution >= 0.6 is 0 Å². The van der Waals surface area contributed by atoms with Crippen LogP contribution in [0.5, 0.6) is 0 Å². The summed E-state index contributed by atoms with van der Waals surface area (Å²) in [7, 11) is 0. The monoisotopic (exact) mass is 325 g/mol. The van der Waals surface area contributed by atoms with E-state index in [1.54, 1.807) is 4.90 Å². The Morgan fingerprint density at radius 1 is 1.30 bits per heavy atom. The van der Waals surface area contributed by atoms with Gasteiger partial charge in [-0.3, -0.25) is 14.9 Å². The lowest BCUT2D eigenvalue weighted by molar-refractivity contribution is -0.134. The van der Waals surface area contributed by atoms with Gasteiger partial charge in [0, 0.05) is 25.6 Å². The lowest BCUT2D eigenvalue weighted by Gasteiger charge is -2.37. The fraction of sp³-hybridized carbons (Fsp3) is 0.812. The molecule has 0 aromatic carbocycles. The number of rotatable bonds is 3. The normalized spacial score (nSPS) is 26.0. The van der Waals surface area contributed by atoms with E-state index in [4.69, 9.17) is 4.74 Å². The number of nitrogens with one attached hydrogen (secondary N) is 2. The van der Waals surface area contributed by atoms with E-state index in [1.807, 2.05) is 20.8 Å². The first kappa shape index (κ1) is 17.7. The Morgan fingerprint density at radius 2 is 2.04 bits per heavy atom. The summed E-state index contributed by atoms with van der Waals surface area (Å²) in [5.74, 6) is -0.498. The van der Waals surface area contributed by atoms with Crippen LogP contribution < -0.4 is 10.6 Å². The Morgan fingerprint density at radius 3 is 2.70 bits per heavy atom. The molecule has 0 spiro atoms. The summed E-state index contributed by atoms with van der Waals surface area (Å²) in [6.07, 6.45) is 3.47. The van der Waals surface area contributed by atoms with Crippen LogP contribution in [0, 0.1) is 0 Å². The number of imide groups is 1. The molecule has 2 heterocycles. The molecular formula is C16H27N3O4. The summed E-state index contributed by atoms with van der Waals surface area (Å²) < 4.78 is 5.47. The number of amides is 3. The highest BCUT2D eigenvalue weighted by atomic mass is 16.6. The molecule has 2 saturated heterocycles. The summed E-state index contributed by atoms with van der Waals surface area (Å²) >= 11 is 0. The largest absolute Gasteiger partial charge is 0.444 e. The molecule has 0 aliphatic carbocycles. The number of ether oxygens (including phenoxy) is 1. The van der Waals surface area contributed by atoms with Gasteiger partial charge in [-0.1, -0.05) is 0 Å². The average Bonchev–Trinajstić information content (AvgIpc) is 2.45. The summed E-state index contributed by atoms with van der Waals surface area (Å²) in [5, 5.41) is 5.53. The molecule has 0 radical (unpaired) electrons. The Hall–Kier alpha value is -1.63.